The van der Waals surface area contributed by atoms with E-state index in [2.05, 4.69) is 15.5 Å². The summed E-state index contributed by atoms with van der Waals surface area (Å²) in [6.45, 7) is 1.73. The van der Waals surface area contributed by atoms with Crippen LogP contribution in [0, 0.1) is 6.92 Å². The Balaban J connectivity index is 2.25. The predicted octanol–water partition coefficient (Wildman–Crippen LogP) is 1.91. The van der Waals surface area contributed by atoms with Gasteiger partial charge in [-0.15, -0.1) is 0 Å². The van der Waals surface area contributed by atoms with Crippen molar-refractivity contribution in [1.82, 2.24) is 10.2 Å². The van der Waals surface area contributed by atoms with Crippen LogP contribution in [0.5, 0.6) is 5.75 Å². The second-order valence-corrected chi connectivity index (χ2v) is 4.16. The number of anilines is 2. The number of hydrogen-bond acceptors (Lipinski definition) is 4. The first-order valence-corrected chi connectivity index (χ1v) is 5.47. The number of carbonyl (C=O) groups is 1. The van der Waals surface area contributed by atoms with E-state index in [1.165, 1.54) is 18.2 Å². The molecule has 0 aliphatic rings. The van der Waals surface area contributed by atoms with E-state index in [4.69, 9.17) is 17.3 Å². The molecule has 5 N–H and O–H groups in total. The van der Waals surface area contributed by atoms with Gasteiger partial charge in [-0.25, -0.2) is 0 Å². The summed E-state index contributed by atoms with van der Waals surface area (Å²) < 4.78 is 0. The van der Waals surface area contributed by atoms with Crippen LogP contribution in [-0.2, 0) is 0 Å². The summed E-state index contributed by atoms with van der Waals surface area (Å²) in [6, 6.07) is 4.22. The standard InChI is InChI=1S/C11H11ClN4O2/c1-5-9(13)10(16-15-5)14-11(18)7-3-2-6(12)4-8(7)17/h2-4,17H,13H2,1H3,(H2,14,15,16,18). The lowest BCUT2D eigenvalue weighted by Gasteiger charge is -2.05. The predicted molar refractivity (Wildman–Crippen MR) is 68.8 cm³/mol. The smallest absolute Gasteiger partial charge is 0.260 e. The van der Waals surface area contributed by atoms with Gasteiger partial charge in [-0.05, 0) is 25.1 Å². The normalized spacial score (nSPS) is 10.3. The lowest BCUT2D eigenvalue weighted by Crippen LogP contribution is -2.13. The highest BCUT2D eigenvalue weighted by atomic mass is 35.5. The number of amides is 1. The Bertz CT molecular complexity index is 609. The number of carbonyl (C=O) groups excluding carboxylic acids is 1. The van der Waals surface area contributed by atoms with E-state index in [1.807, 2.05) is 0 Å². The average molecular weight is 267 g/mol. The fourth-order valence-electron chi connectivity index (χ4n) is 1.40. The fourth-order valence-corrected chi connectivity index (χ4v) is 1.57. The van der Waals surface area contributed by atoms with Crippen molar-refractivity contribution in [2.45, 2.75) is 6.92 Å². The highest BCUT2D eigenvalue weighted by Gasteiger charge is 2.15. The van der Waals surface area contributed by atoms with E-state index in [0.29, 0.717) is 16.4 Å². The number of rotatable bonds is 2. The number of H-pyrrole nitrogens is 1. The number of benzene rings is 1. The van der Waals surface area contributed by atoms with Crippen molar-refractivity contribution in [3.8, 4) is 5.75 Å². The third kappa shape index (κ3) is 2.23. The van der Waals surface area contributed by atoms with Gasteiger partial charge in [-0.3, -0.25) is 9.89 Å². The molecule has 0 spiro atoms. The van der Waals surface area contributed by atoms with E-state index in [9.17, 15) is 9.90 Å². The van der Waals surface area contributed by atoms with Gasteiger partial charge < -0.3 is 16.2 Å². The summed E-state index contributed by atoms with van der Waals surface area (Å²) in [5.74, 6) is -0.486. The van der Waals surface area contributed by atoms with Gasteiger partial charge in [-0.1, -0.05) is 11.6 Å². The number of nitrogens with zero attached hydrogens (tertiary/aromatic N) is 1. The zero-order valence-corrected chi connectivity index (χ0v) is 10.2. The molecule has 1 heterocycles. The lowest BCUT2D eigenvalue weighted by atomic mass is 10.2. The number of nitrogens with two attached hydrogens (primary N) is 1. The second kappa shape index (κ2) is 4.58. The Morgan fingerprint density at radius 2 is 2.28 bits per heavy atom. The Morgan fingerprint density at radius 1 is 1.56 bits per heavy atom. The monoisotopic (exact) mass is 266 g/mol. The summed E-state index contributed by atoms with van der Waals surface area (Å²) in [4.78, 5) is 11.9. The molecule has 0 aliphatic heterocycles. The highest BCUT2D eigenvalue weighted by molar-refractivity contribution is 6.31. The van der Waals surface area contributed by atoms with Crippen molar-refractivity contribution in [1.29, 1.82) is 0 Å². The zero-order valence-electron chi connectivity index (χ0n) is 9.49. The number of aryl methyl sites for hydroxylation is 1. The van der Waals surface area contributed by atoms with E-state index < -0.39 is 5.91 Å². The SMILES string of the molecule is Cc1[nH]nc(NC(=O)c2ccc(Cl)cc2O)c1N. The minimum Gasteiger partial charge on any atom is -0.507 e. The molecule has 0 unspecified atom stereocenters. The van der Waals surface area contributed by atoms with Crippen LogP contribution in [0.4, 0.5) is 11.5 Å². The number of aromatic hydroxyl groups is 1. The van der Waals surface area contributed by atoms with Crippen LogP contribution in [0.25, 0.3) is 0 Å². The third-order valence-corrected chi connectivity index (χ3v) is 2.67. The Labute approximate surface area is 108 Å². The average Bonchev–Trinajstić information content (AvgIpc) is 2.61. The first kappa shape index (κ1) is 12.3. The number of hydrogen-bond donors (Lipinski definition) is 4. The number of nitrogen functional groups attached to an aromatic ring is 1. The van der Waals surface area contributed by atoms with Gasteiger partial charge in [0, 0.05) is 5.02 Å². The molecule has 0 bridgehead atoms. The number of halogens is 1. The van der Waals surface area contributed by atoms with Crippen LogP contribution < -0.4 is 11.1 Å². The highest BCUT2D eigenvalue weighted by Crippen LogP contribution is 2.24. The fraction of sp³-hybridized carbons (Fsp3) is 0.0909. The van der Waals surface area contributed by atoms with E-state index in [-0.39, 0.29) is 17.1 Å². The van der Waals surface area contributed by atoms with Crippen molar-refractivity contribution < 1.29 is 9.90 Å². The quantitative estimate of drug-likeness (QED) is 0.666. The van der Waals surface area contributed by atoms with Gasteiger partial charge in [0.2, 0.25) is 0 Å². The molecular weight excluding hydrogens is 256 g/mol. The molecule has 0 radical (unpaired) electrons. The van der Waals surface area contributed by atoms with Crippen LogP contribution in [-0.4, -0.2) is 21.2 Å². The van der Waals surface area contributed by atoms with Crippen LogP contribution in [0.2, 0.25) is 5.02 Å². The molecule has 2 rings (SSSR count). The lowest BCUT2D eigenvalue weighted by molar-refractivity contribution is 0.102. The molecule has 1 aromatic heterocycles. The van der Waals surface area contributed by atoms with Gasteiger partial charge >= 0.3 is 0 Å². The molecule has 7 heteroatoms. The van der Waals surface area contributed by atoms with Crippen LogP contribution in [0.1, 0.15) is 16.1 Å². The van der Waals surface area contributed by atoms with E-state index >= 15 is 0 Å². The minimum atomic E-state index is -0.512. The minimum absolute atomic E-state index is 0.0967. The van der Waals surface area contributed by atoms with E-state index in [1.54, 1.807) is 6.92 Å². The number of phenolic OH excluding ortho intramolecular Hbond substituents is 1. The number of aromatic nitrogens is 2. The summed E-state index contributed by atoms with van der Waals surface area (Å²) >= 11 is 5.68. The van der Waals surface area contributed by atoms with Crippen molar-refractivity contribution in [2.24, 2.45) is 0 Å². The van der Waals surface area contributed by atoms with Crippen molar-refractivity contribution in [3.05, 3.63) is 34.5 Å². The van der Waals surface area contributed by atoms with Gasteiger partial charge in [0.1, 0.15) is 5.75 Å². The molecule has 0 saturated heterocycles. The Kier molecular flexibility index (Phi) is 3.12. The molecule has 18 heavy (non-hydrogen) atoms. The van der Waals surface area contributed by atoms with Crippen molar-refractivity contribution in [2.75, 3.05) is 11.1 Å². The molecular formula is C11H11ClN4O2. The number of phenols is 1. The third-order valence-electron chi connectivity index (χ3n) is 2.43. The summed E-state index contributed by atoms with van der Waals surface area (Å²) in [5.41, 5.74) is 6.81. The van der Waals surface area contributed by atoms with Crippen LogP contribution in [0.15, 0.2) is 18.2 Å². The van der Waals surface area contributed by atoms with Gasteiger partial charge in [-0.2, -0.15) is 5.10 Å². The Hall–Kier alpha value is -2.21. The summed E-state index contributed by atoms with van der Waals surface area (Å²) in [5, 5.41) is 18.9. The molecule has 0 saturated carbocycles. The Morgan fingerprint density at radius 3 is 2.83 bits per heavy atom. The molecule has 0 aliphatic carbocycles. The zero-order chi connectivity index (χ0) is 13.3. The topological polar surface area (TPSA) is 104 Å². The molecule has 0 fully saturated rings. The number of nitrogens with one attached hydrogen (secondary N) is 2. The van der Waals surface area contributed by atoms with Crippen LogP contribution >= 0.6 is 11.6 Å². The molecule has 2 aromatic rings. The first-order chi connectivity index (χ1) is 8.49. The van der Waals surface area contributed by atoms with Gasteiger partial charge in [0.05, 0.1) is 16.9 Å². The maximum Gasteiger partial charge on any atom is 0.260 e. The van der Waals surface area contributed by atoms with E-state index in [0.717, 1.165) is 0 Å². The maximum atomic E-state index is 11.9. The largest absolute Gasteiger partial charge is 0.507 e. The second-order valence-electron chi connectivity index (χ2n) is 3.73. The molecule has 1 amide bonds. The van der Waals surface area contributed by atoms with Gasteiger partial charge in [0.15, 0.2) is 5.82 Å². The molecule has 6 nitrogen and oxygen atoms in total. The van der Waals surface area contributed by atoms with Gasteiger partial charge in [0.25, 0.3) is 5.91 Å². The summed E-state index contributed by atoms with van der Waals surface area (Å²) in [7, 11) is 0. The number of aromatic amines is 1. The molecule has 1 aromatic carbocycles. The van der Waals surface area contributed by atoms with Crippen LogP contribution in [0.3, 0.4) is 0 Å². The van der Waals surface area contributed by atoms with Crippen molar-refractivity contribution in [3.63, 3.8) is 0 Å². The van der Waals surface area contributed by atoms with Crippen molar-refractivity contribution >= 4 is 29.0 Å². The first-order valence-electron chi connectivity index (χ1n) is 5.09. The molecule has 94 valence electrons. The molecule has 0 atom stereocenters. The summed E-state index contributed by atoms with van der Waals surface area (Å²) in [6.07, 6.45) is 0. The maximum absolute atomic E-state index is 11.9.